The van der Waals surface area contributed by atoms with Crippen molar-refractivity contribution in [3.05, 3.63) is 58.1 Å². The minimum atomic E-state index is -0.0524. The van der Waals surface area contributed by atoms with Gasteiger partial charge in [0.15, 0.2) is 0 Å². The first-order valence-electron chi connectivity index (χ1n) is 13.3. The van der Waals surface area contributed by atoms with Crippen LogP contribution >= 0.6 is 11.3 Å². The van der Waals surface area contributed by atoms with Crippen LogP contribution in [0.2, 0.25) is 0 Å². The minimum Gasteiger partial charge on any atom is -0.381 e. The van der Waals surface area contributed by atoms with Gasteiger partial charge in [0.1, 0.15) is 5.65 Å². The van der Waals surface area contributed by atoms with Crippen LogP contribution < -0.4 is 15.8 Å². The van der Waals surface area contributed by atoms with Gasteiger partial charge in [-0.1, -0.05) is 0 Å². The van der Waals surface area contributed by atoms with Gasteiger partial charge >= 0.3 is 0 Å². The number of ether oxygens (including phenoxy) is 1. The summed E-state index contributed by atoms with van der Waals surface area (Å²) < 4.78 is 7.22. The summed E-state index contributed by atoms with van der Waals surface area (Å²) in [6.07, 6.45) is 5.58. The van der Waals surface area contributed by atoms with E-state index in [0.29, 0.717) is 29.6 Å². The van der Waals surface area contributed by atoms with Crippen molar-refractivity contribution < 1.29 is 4.74 Å². The molecule has 2 fully saturated rings. The number of hydrogen-bond acceptors (Lipinski definition) is 9. The fourth-order valence-electron chi connectivity index (χ4n) is 5.18. The monoisotopic (exact) mass is 531 g/mol. The number of rotatable bonds is 6. The van der Waals surface area contributed by atoms with Crippen LogP contribution in [0.5, 0.6) is 0 Å². The summed E-state index contributed by atoms with van der Waals surface area (Å²) in [7, 11) is 2.16. The Kier molecular flexibility index (Phi) is 7.10. The van der Waals surface area contributed by atoms with E-state index < -0.39 is 0 Å². The maximum absolute atomic E-state index is 13.5. The molecule has 0 radical (unpaired) electrons. The molecule has 0 unspecified atom stereocenters. The predicted molar refractivity (Wildman–Crippen MR) is 153 cm³/mol. The van der Waals surface area contributed by atoms with E-state index in [0.717, 1.165) is 73.2 Å². The van der Waals surface area contributed by atoms with Crippen LogP contribution in [0, 0.1) is 0 Å². The number of benzene rings is 1. The maximum Gasteiger partial charge on any atom is 0.260 e. The van der Waals surface area contributed by atoms with Crippen molar-refractivity contribution in [2.45, 2.75) is 32.2 Å². The van der Waals surface area contributed by atoms with Crippen molar-refractivity contribution in [1.82, 2.24) is 24.4 Å². The number of aryl methyl sites for hydroxylation is 1. The van der Waals surface area contributed by atoms with Gasteiger partial charge in [0.2, 0.25) is 5.95 Å². The topological polar surface area (TPSA) is 88.4 Å². The molecule has 1 aromatic carbocycles. The van der Waals surface area contributed by atoms with Crippen LogP contribution in [-0.2, 0) is 11.3 Å². The fraction of sp³-hybridized carbons (Fsp3) is 0.429. The third-order valence-corrected chi connectivity index (χ3v) is 8.69. The summed E-state index contributed by atoms with van der Waals surface area (Å²) in [4.78, 5) is 33.1. The molecule has 0 spiro atoms. The Morgan fingerprint density at radius 1 is 1.05 bits per heavy atom. The SMILES string of the molecule is CCn1c(=O)c(-c2cnc(C3CCOCC3)s2)cc2cnc(Nc3ccc(N4CCN(C)CC4)cc3)nc21. The second-order valence-corrected chi connectivity index (χ2v) is 11.1. The molecule has 38 heavy (non-hydrogen) atoms. The lowest BCUT2D eigenvalue weighted by Gasteiger charge is -2.34. The van der Waals surface area contributed by atoms with Crippen LogP contribution in [0.1, 0.15) is 30.7 Å². The van der Waals surface area contributed by atoms with E-state index in [4.69, 9.17) is 9.72 Å². The zero-order chi connectivity index (χ0) is 26.1. The molecule has 1 N–H and O–H groups in total. The Bertz CT molecular complexity index is 1470. The average molecular weight is 532 g/mol. The zero-order valence-corrected chi connectivity index (χ0v) is 22.7. The van der Waals surface area contributed by atoms with Gasteiger partial charge in [-0.25, -0.2) is 9.97 Å². The van der Waals surface area contributed by atoms with Crippen molar-refractivity contribution >= 4 is 39.7 Å². The molecule has 10 heteroatoms. The molecule has 0 saturated carbocycles. The lowest BCUT2D eigenvalue weighted by Crippen LogP contribution is -2.44. The predicted octanol–water partition coefficient (Wildman–Crippen LogP) is 4.32. The van der Waals surface area contributed by atoms with Crippen molar-refractivity contribution in [2.75, 3.05) is 56.7 Å². The number of aromatic nitrogens is 4. The molecule has 9 nitrogen and oxygen atoms in total. The van der Waals surface area contributed by atoms with E-state index in [1.165, 1.54) is 5.69 Å². The van der Waals surface area contributed by atoms with E-state index in [1.807, 2.05) is 19.2 Å². The lowest BCUT2D eigenvalue weighted by molar-refractivity contribution is 0.0853. The Labute approximate surface area is 226 Å². The summed E-state index contributed by atoms with van der Waals surface area (Å²) in [6, 6.07) is 10.3. The highest BCUT2D eigenvalue weighted by Crippen LogP contribution is 2.34. The second kappa shape index (κ2) is 10.8. The van der Waals surface area contributed by atoms with E-state index in [9.17, 15) is 4.79 Å². The standard InChI is InChI=1S/C28H33N7O2S/c1-3-35-25-20(16-23(27(35)36)24-18-29-26(38-24)19-8-14-37-15-9-19)17-30-28(32-25)31-21-4-6-22(7-5-21)34-12-10-33(2)11-13-34/h4-7,16-19H,3,8-15H2,1-2H3,(H,30,31,32). The number of hydrogen-bond donors (Lipinski definition) is 1. The third-order valence-electron chi connectivity index (χ3n) is 7.49. The van der Waals surface area contributed by atoms with Crippen molar-refractivity contribution in [3.63, 3.8) is 0 Å². The fourth-order valence-corrected chi connectivity index (χ4v) is 6.28. The molecule has 2 aliphatic heterocycles. The van der Waals surface area contributed by atoms with Gasteiger partial charge in [-0.2, -0.15) is 4.98 Å². The third kappa shape index (κ3) is 5.03. The van der Waals surface area contributed by atoms with E-state index in [2.05, 4.69) is 56.4 Å². The van der Waals surface area contributed by atoms with Gasteiger partial charge in [0.05, 0.1) is 15.4 Å². The molecule has 0 atom stereocenters. The highest BCUT2D eigenvalue weighted by atomic mass is 32.1. The molecule has 6 rings (SSSR count). The first kappa shape index (κ1) is 25.0. The van der Waals surface area contributed by atoms with E-state index in [-0.39, 0.29) is 5.56 Å². The average Bonchev–Trinajstić information content (AvgIpc) is 3.44. The first-order valence-corrected chi connectivity index (χ1v) is 14.2. The van der Waals surface area contributed by atoms with Gasteiger partial charge in [-0.3, -0.25) is 9.36 Å². The molecule has 0 bridgehead atoms. The summed E-state index contributed by atoms with van der Waals surface area (Å²) in [5.41, 5.74) is 3.36. The quantitative estimate of drug-likeness (QED) is 0.394. The van der Waals surface area contributed by atoms with Crippen molar-refractivity contribution in [3.8, 4) is 10.4 Å². The summed E-state index contributed by atoms with van der Waals surface area (Å²) in [5.74, 6) is 0.878. The Hall–Kier alpha value is -3.34. The molecule has 2 saturated heterocycles. The van der Waals surface area contributed by atoms with Crippen molar-refractivity contribution in [1.29, 1.82) is 0 Å². The highest BCUT2D eigenvalue weighted by molar-refractivity contribution is 7.15. The molecule has 5 heterocycles. The molecular weight excluding hydrogens is 498 g/mol. The van der Waals surface area contributed by atoms with Gasteiger partial charge in [0.25, 0.3) is 5.56 Å². The zero-order valence-electron chi connectivity index (χ0n) is 21.9. The molecule has 3 aromatic heterocycles. The summed E-state index contributed by atoms with van der Waals surface area (Å²) >= 11 is 1.61. The van der Waals surface area contributed by atoms with Gasteiger partial charge < -0.3 is 19.9 Å². The van der Waals surface area contributed by atoms with Crippen LogP contribution in [0.4, 0.5) is 17.3 Å². The smallest absolute Gasteiger partial charge is 0.260 e. The van der Waals surface area contributed by atoms with Crippen LogP contribution in [0.25, 0.3) is 21.5 Å². The molecule has 198 valence electrons. The number of nitrogens with zero attached hydrogens (tertiary/aromatic N) is 6. The second-order valence-electron chi connectivity index (χ2n) is 9.99. The number of pyridine rings is 1. The number of anilines is 3. The van der Waals surface area contributed by atoms with Gasteiger partial charge in [0, 0.05) is 81.0 Å². The number of piperazine rings is 1. The normalized spacial score (nSPS) is 17.3. The van der Waals surface area contributed by atoms with Gasteiger partial charge in [-0.15, -0.1) is 11.3 Å². The summed E-state index contributed by atoms with van der Waals surface area (Å²) in [6.45, 7) is 8.25. The largest absolute Gasteiger partial charge is 0.381 e. The molecule has 0 amide bonds. The number of likely N-dealkylation sites (N-methyl/N-ethyl adjacent to an activating group) is 1. The highest BCUT2D eigenvalue weighted by Gasteiger charge is 2.21. The maximum atomic E-state index is 13.5. The van der Waals surface area contributed by atoms with Crippen molar-refractivity contribution in [2.24, 2.45) is 0 Å². The van der Waals surface area contributed by atoms with E-state index >= 15 is 0 Å². The minimum absolute atomic E-state index is 0.0524. The molecule has 4 aromatic rings. The van der Waals surface area contributed by atoms with Crippen LogP contribution in [0.15, 0.2) is 47.5 Å². The number of fused-ring (bicyclic) bond motifs is 1. The molecular formula is C28H33N7O2S. The van der Waals surface area contributed by atoms with Crippen LogP contribution in [0.3, 0.4) is 0 Å². The Morgan fingerprint density at radius 2 is 1.82 bits per heavy atom. The first-order chi connectivity index (χ1) is 18.6. The molecule has 0 aliphatic carbocycles. The number of thiazole rings is 1. The Morgan fingerprint density at radius 3 is 2.55 bits per heavy atom. The van der Waals surface area contributed by atoms with E-state index in [1.54, 1.807) is 22.1 Å². The van der Waals surface area contributed by atoms with Gasteiger partial charge in [-0.05, 0) is 57.1 Å². The number of nitrogens with one attached hydrogen (secondary N) is 1. The van der Waals surface area contributed by atoms with Crippen LogP contribution in [-0.4, -0.2) is 70.9 Å². The molecule has 2 aliphatic rings. The summed E-state index contributed by atoms with van der Waals surface area (Å²) in [5, 5.41) is 5.22. The Balaban J connectivity index is 1.25. The lowest BCUT2D eigenvalue weighted by atomic mass is 10.0.